The highest BCUT2D eigenvalue weighted by Crippen LogP contribution is 2.26. The van der Waals surface area contributed by atoms with E-state index in [-0.39, 0.29) is 0 Å². The van der Waals surface area contributed by atoms with Gasteiger partial charge in [0.05, 0.1) is 11.2 Å². The van der Waals surface area contributed by atoms with Crippen molar-refractivity contribution < 1.29 is 0 Å². The summed E-state index contributed by atoms with van der Waals surface area (Å²) < 4.78 is 0. The Morgan fingerprint density at radius 2 is 2.17 bits per heavy atom. The second-order valence-corrected chi connectivity index (χ2v) is 6.25. The molecule has 0 aliphatic heterocycles. The molecule has 0 bridgehead atoms. The van der Waals surface area contributed by atoms with Gasteiger partial charge in [-0.15, -0.1) is 11.3 Å². The molecule has 1 atom stereocenters. The summed E-state index contributed by atoms with van der Waals surface area (Å²) >= 11 is 5.42. The van der Waals surface area contributed by atoms with Crippen LogP contribution in [-0.2, 0) is 6.42 Å². The number of hydrogen-bond donors (Lipinski definition) is 0. The summed E-state index contributed by atoms with van der Waals surface area (Å²) in [6.45, 7) is 4.25. The molecule has 0 amide bonds. The maximum atomic E-state index is 4.31. The van der Waals surface area contributed by atoms with Crippen molar-refractivity contribution in [2.45, 2.75) is 32.6 Å². The molecule has 0 fully saturated rings. The van der Waals surface area contributed by atoms with Gasteiger partial charge in [0.25, 0.3) is 0 Å². The Hall–Kier alpha value is -0.670. The lowest BCUT2D eigenvalue weighted by atomic mass is 9.94. The SMILES string of the molecule is Cc1cccc(C(CBr)CCc2scnc2C)c1. The topological polar surface area (TPSA) is 12.9 Å². The van der Waals surface area contributed by atoms with Gasteiger partial charge in [0.1, 0.15) is 0 Å². The van der Waals surface area contributed by atoms with Gasteiger partial charge in [-0.2, -0.15) is 0 Å². The number of rotatable bonds is 5. The van der Waals surface area contributed by atoms with E-state index in [4.69, 9.17) is 0 Å². The van der Waals surface area contributed by atoms with E-state index in [9.17, 15) is 0 Å². The number of aryl methyl sites for hydroxylation is 3. The van der Waals surface area contributed by atoms with Crippen LogP contribution in [0.5, 0.6) is 0 Å². The van der Waals surface area contributed by atoms with Crippen LogP contribution in [0.1, 0.15) is 34.0 Å². The smallest absolute Gasteiger partial charge is 0.0797 e. The standard InChI is InChI=1S/C15H18BrNS/c1-11-4-3-5-13(8-11)14(9-16)6-7-15-12(2)17-10-18-15/h3-5,8,10,14H,6-7,9H2,1-2H3. The number of hydrogen-bond acceptors (Lipinski definition) is 2. The van der Waals surface area contributed by atoms with Crippen LogP contribution in [0.2, 0.25) is 0 Å². The molecule has 96 valence electrons. The quantitative estimate of drug-likeness (QED) is 0.715. The van der Waals surface area contributed by atoms with E-state index in [0.29, 0.717) is 5.92 Å². The predicted molar refractivity (Wildman–Crippen MR) is 82.9 cm³/mol. The number of aromatic nitrogens is 1. The molecule has 3 heteroatoms. The van der Waals surface area contributed by atoms with Crippen LogP contribution in [0.25, 0.3) is 0 Å². The molecular weight excluding hydrogens is 306 g/mol. The minimum atomic E-state index is 0.589. The third-order valence-electron chi connectivity index (χ3n) is 3.26. The zero-order chi connectivity index (χ0) is 13.0. The summed E-state index contributed by atoms with van der Waals surface area (Å²) in [5.74, 6) is 0.589. The maximum absolute atomic E-state index is 4.31. The lowest BCUT2D eigenvalue weighted by molar-refractivity contribution is 0.694. The third-order valence-corrected chi connectivity index (χ3v) is 5.04. The highest BCUT2D eigenvalue weighted by molar-refractivity contribution is 9.09. The Kier molecular flexibility index (Phi) is 4.95. The first-order chi connectivity index (χ1) is 8.70. The fourth-order valence-corrected chi connectivity index (χ4v) is 3.62. The fourth-order valence-electron chi connectivity index (χ4n) is 2.13. The van der Waals surface area contributed by atoms with Gasteiger partial charge in [-0.3, -0.25) is 0 Å². The Labute approximate surface area is 121 Å². The van der Waals surface area contributed by atoms with E-state index < -0.39 is 0 Å². The predicted octanol–water partition coefficient (Wildman–Crippen LogP) is 4.87. The van der Waals surface area contributed by atoms with E-state index in [1.165, 1.54) is 28.1 Å². The van der Waals surface area contributed by atoms with E-state index in [0.717, 1.165) is 11.8 Å². The highest BCUT2D eigenvalue weighted by Gasteiger charge is 2.12. The van der Waals surface area contributed by atoms with Gasteiger partial charge >= 0.3 is 0 Å². The Morgan fingerprint density at radius 3 is 2.78 bits per heavy atom. The molecule has 1 aromatic heterocycles. The summed E-state index contributed by atoms with van der Waals surface area (Å²) in [4.78, 5) is 5.74. The van der Waals surface area contributed by atoms with Crippen molar-refractivity contribution in [2.75, 3.05) is 5.33 Å². The van der Waals surface area contributed by atoms with Gasteiger partial charge in [-0.1, -0.05) is 45.8 Å². The summed E-state index contributed by atoms with van der Waals surface area (Å²) in [6, 6.07) is 8.84. The van der Waals surface area contributed by atoms with Crippen molar-refractivity contribution in [1.29, 1.82) is 0 Å². The van der Waals surface area contributed by atoms with Crippen molar-refractivity contribution in [3.8, 4) is 0 Å². The van der Waals surface area contributed by atoms with E-state index in [1.54, 1.807) is 11.3 Å². The molecule has 2 rings (SSSR count). The lowest BCUT2D eigenvalue weighted by Gasteiger charge is -2.14. The highest BCUT2D eigenvalue weighted by atomic mass is 79.9. The molecule has 0 aliphatic carbocycles. The number of benzene rings is 1. The van der Waals surface area contributed by atoms with E-state index in [2.05, 4.69) is 59.0 Å². The lowest BCUT2D eigenvalue weighted by Crippen LogP contribution is -2.02. The summed E-state index contributed by atoms with van der Waals surface area (Å²) in [6.07, 6.45) is 2.30. The minimum Gasteiger partial charge on any atom is -0.250 e. The molecule has 1 nitrogen and oxygen atoms in total. The molecule has 0 N–H and O–H groups in total. The molecule has 2 aromatic rings. The normalized spacial score (nSPS) is 12.6. The first-order valence-electron chi connectivity index (χ1n) is 6.22. The van der Waals surface area contributed by atoms with Crippen LogP contribution in [0.4, 0.5) is 0 Å². The second-order valence-electron chi connectivity index (χ2n) is 4.66. The molecule has 1 unspecified atom stereocenters. The average Bonchev–Trinajstić information content (AvgIpc) is 2.76. The monoisotopic (exact) mass is 323 g/mol. The van der Waals surface area contributed by atoms with Gasteiger partial charge in [0.15, 0.2) is 0 Å². The van der Waals surface area contributed by atoms with Crippen LogP contribution in [0.3, 0.4) is 0 Å². The van der Waals surface area contributed by atoms with E-state index in [1.807, 2.05) is 5.51 Å². The van der Waals surface area contributed by atoms with Crippen LogP contribution < -0.4 is 0 Å². The van der Waals surface area contributed by atoms with Gasteiger partial charge in [0.2, 0.25) is 0 Å². The van der Waals surface area contributed by atoms with Crippen molar-refractivity contribution in [3.63, 3.8) is 0 Å². The Balaban J connectivity index is 2.04. The minimum absolute atomic E-state index is 0.589. The first-order valence-corrected chi connectivity index (χ1v) is 8.22. The molecule has 1 heterocycles. The Morgan fingerprint density at radius 1 is 1.33 bits per heavy atom. The molecule has 0 aliphatic rings. The van der Waals surface area contributed by atoms with Crippen molar-refractivity contribution >= 4 is 27.3 Å². The zero-order valence-corrected chi connectivity index (χ0v) is 13.2. The van der Waals surface area contributed by atoms with Crippen molar-refractivity contribution in [2.24, 2.45) is 0 Å². The summed E-state index contributed by atoms with van der Waals surface area (Å²) in [5.41, 5.74) is 5.92. The molecule has 1 aromatic carbocycles. The van der Waals surface area contributed by atoms with Crippen molar-refractivity contribution in [3.05, 3.63) is 51.5 Å². The summed E-state index contributed by atoms with van der Waals surface area (Å²) in [7, 11) is 0. The fraction of sp³-hybridized carbons (Fsp3) is 0.400. The van der Waals surface area contributed by atoms with Gasteiger partial charge < -0.3 is 0 Å². The average molecular weight is 324 g/mol. The molecule has 0 radical (unpaired) electrons. The molecule has 0 saturated carbocycles. The van der Waals surface area contributed by atoms with Gasteiger partial charge in [-0.05, 0) is 38.2 Å². The number of nitrogens with zero attached hydrogens (tertiary/aromatic N) is 1. The van der Waals surface area contributed by atoms with Gasteiger partial charge in [0, 0.05) is 10.2 Å². The third kappa shape index (κ3) is 3.42. The molecular formula is C15H18BrNS. The van der Waals surface area contributed by atoms with Crippen LogP contribution >= 0.6 is 27.3 Å². The van der Waals surface area contributed by atoms with E-state index >= 15 is 0 Å². The van der Waals surface area contributed by atoms with Crippen LogP contribution in [0.15, 0.2) is 29.8 Å². The molecule has 0 spiro atoms. The molecule has 18 heavy (non-hydrogen) atoms. The first kappa shape index (κ1) is 13.8. The number of halogens is 1. The zero-order valence-electron chi connectivity index (χ0n) is 10.8. The summed E-state index contributed by atoms with van der Waals surface area (Å²) in [5, 5.41) is 1.02. The number of alkyl halides is 1. The number of thiazole rings is 1. The van der Waals surface area contributed by atoms with Crippen LogP contribution in [0, 0.1) is 13.8 Å². The largest absolute Gasteiger partial charge is 0.250 e. The van der Waals surface area contributed by atoms with Gasteiger partial charge in [-0.25, -0.2) is 4.98 Å². The Bertz CT molecular complexity index is 507. The molecule has 0 saturated heterocycles. The van der Waals surface area contributed by atoms with Crippen molar-refractivity contribution in [1.82, 2.24) is 4.98 Å². The maximum Gasteiger partial charge on any atom is 0.0797 e. The second kappa shape index (κ2) is 6.48. The van der Waals surface area contributed by atoms with Crippen LogP contribution in [-0.4, -0.2) is 10.3 Å².